The van der Waals surface area contributed by atoms with Crippen LogP contribution in [-0.4, -0.2) is 29.7 Å². The van der Waals surface area contributed by atoms with Crippen LogP contribution in [0, 0.1) is 19.7 Å². The third-order valence-corrected chi connectivity index (χ3v) is 5.45. The first-order valence-electron chi connectivity index (χ1n) is 9.87. The van der Waals surface area contributed by atoms with Gasteiger partial charge in [-0.1, -0.05) is 30.3 Å². The molecule has 0 spiro atoms. The van der Waals surface area contributed by atoms with Crippen molar-refractivity contribution in [1.29, 1.82) is 0 Å². The Hall–Kier alpha value is -3.80. The fourth-order valence-electron chi connectivity index (χ4n) is 3.73. The zero-order valence-corrected chi connectivity index (χ0v) is 17.5. The van der Waals surface area contributed by atoms with Crippen molar-refractivity contribution >= 4 is 23.4 Å². The molecule has 0 unspecified atom stereocenters. The molecule has 0 radical (unpaired) electrons. The molecule has 31 heavy (non-hydrogen) atoms. The SMILES string of the molecule is Cc1ccc(C)c(N2C(=O)c3ccc(C(=O)N(C)Cc4ccccc4F)cc3C2=O)c1. The van der Waals surface area contributed by atoms with Gasteiger partial charge in [-0.25, -0.2) is 9.29 Å². The average molecular weight is 416 g/mol. The van der Waals surface area contributed by atoms with E-state index in [0.717, 1.165) is 16.0 Å². The monoisotopic (exact) mass is 416 g/mol. The number of imide groups is 1. The highest BCUT2D eigenvalue weighted by Gasteiger charge is 2.38. The van der Waals surface area contributed by atoms with Crippen molar-refractivity contribution in [3.63, 3.8) is 0 Å². The lowest BCUT2D eigenvalue weighted by Gasteiger charge is -2.18. The topological polar surface area (TPSA) is 57.7 Å². The Balaban J connectivity index is 1.63. The van der Waals surface area contributed by atoms with Gasteiger partial charge >= 0.3 is 0 Å². The van der Waals surface area contributed by atoms with Gasteiger partial charge in [0.05, 0.1) is 16.8 Å². The van der Waals surface area contributed by atoms with Gasteiger partial charge in [0.2, 0.25) is 0 Å². The van der Waals surface area contributed by atoms with Crippen molar-refractivity contribution in [2.75, 3.05) is 11.9 Å². The molecule has 3 aromatic carbocycles. The molecule has 0 saturated carbocycles. The molecule has 1 aliphatic heterocycles. The molecule has 0 fully saturated rings. The fourth-order valence-corrected chi connectivity index (χ4v) is 3.73. The second-order valence-electron chi connectivity index (χ2n) is 7.75. The normalized spacial score (nSPS) is 12.8. The number of aryl methyl sites for hydroxylation is 2. The summed E-state index contributed by atoms with van der Waals surface area (Å²) >= 11 is 0. The van der Waals surface area contributed by atoms with Crippen LogP contribution >= 0.6 is 0 Å². The van der Waals surface area contributed by atoms with Crippen LogP contribution in [0.4, 0.5) is 10.1 Å². The quantitative estimate of drug-likeness (QED) is 0.588. The van der Waals surface area contributed by atoms with Gasteiger partial charge in [0.1, 0.15) is 5.82 Å². The van der Waals surface area contributed by atoms with E-state index in [1.165, 1.54) is 29.2 Å². The Kier molecular flexibility index (Phi) is 5.15. The largest absolute Gasteiger partial charge is 0.337 e. The predicted molar refractivity (Wildman–Crippen MR) is 116 cm³/mol. The lowest BCUT2D eigenvalue weighted by molar-refractivity contribution is 0.0783. The number of carbonyl (C=O) groups excluding carboxylic acids is 3. The summed E-state index contributed by atoms with van der Waals surface area (Å²) in [5, 5.41) is 0. The lowest BCUT2D eigenvalue weighted by atomic mass is 10.0. The van der Waals surface area contributed by atoms with Crippen LogP contribution in [0.1, 0.15) is 47.8 Å². The molecule has 156 valence electrons. The van der Waals surface area contributed by atoms with E-state index in [4.69, 9.17) is 0 Å². The number of rotatable bonds is 4. The van der Waals surface area contributed by atoms with Crippen LogP contribution in [0.15, 0.2) is 60.7 Å². The molecular weight excluding hydrogens is 395 g/mol. The predicted octanol–water partition coefficient (Wildman–Crippen LogP) is 4.52. The summed E-state index contributed by atoms with van der Waals surface area (Å²) in [5.41, 5.74) is 3.39. The Bertz CT molecular complexity index is 1240. The number of hydrogen-bond donors (Lipinski definition) is 0. The summed E-state index contributed by atoms with van der Waals surface area (Å²) in [6, 6.07) is 16.3. The van der Waals surface area contributed by atoms with E-state index >= 15 is 0 Å². The van der Waals surface area contributed by atoms with Gasteiger partial charge in [0.25, 0.3) is 17.7 Å². The Morgan fingerprint density at radius 1 is 0.935 bits per heavy atom. The van der Waals surface area contributed by atoms with Gasteiger partial charge in [-0.3, -0.25) is 14.4 Å². The Labute approximate surface area is 179 Å². The highest BCUT2D eigenvalue weighted by Crippen LogP contribution is 2.32. The van der Waals surface area contributed by atoms with Gasteiger partial charge in [0, 0.05) is 24.7 Å². The smallest absolute Gasteiger partial charge is 0.266 e. The maximum absolute atomic E-state index is 13.9. The summed E-state index contributed by atoms with van der Waals surface area (Å²) in [4.78, 5) is 41.4. The average Bonchev–Trinajstić information content (AvgIpc) is 3.00. The van der Waals surface area contributed by atoms with Crippen molar-refractivity contribution in [3.05, 3.63) is 99.9 Å². The van der Waals surface area contributed by atoms with Gasteiger partial charge < -0.3 is 4.90 Å². The van der Waals surface area contributed by atoms with Crippen molar-refractivity contribution in [2.45, 2.75) is 20.4 Å². The Morgan fingerprint density at radius 2 is 1.65 bits per heavy atom. The fraction of sp³-hybridized carbons (Fsp3) is 0.160. The summed E-state index contributed by atoms with van der Waals surface area (Å²) in [6.07, 6.45) is 0. The summed E-state index contributed by atoms with van der Waals surface area (Å²) in [7, 11) is 1.57. The third-order valence-electron chi connectivity index (χ3n) is 5.45. The van der Waals surface area contributed by atoms with Crippen molar-refractivity contribution in [2.24, 2.45) is 0 Å². The number of anilines is 1. The van der Waals surface area contributed by atoms with E-state index in [9.17, 15) is 18.8 Å². The maximum Gasteiger partial charge on any atom is 0.266 e. The zero-order chi connectivity index (χ0) is 22.3. The molecule has 3 amide bonds. The molecule has 1 heterocycles. The standard InChI is InChI=1S/C25H21FN2O3/c1-15-8-9-16(2)22(12-15)28-24(30)19-11-10-17(13-20(19)25(28)31)23(29)27(3)14-18-6-4-5-7-21(18)26/h4-13H,14H2,1-3H3. The molecule has 1 aliphatic rings. The van der Waals surface area contributed by atoms with Crippen molar-refractivity contribution in [3.8, 4) is 0 Å². The zero-order valence-electron chi connectivity index (χ0n) is 17.5. The molecule has 0 aromatic heterocycles. The number of amides is 3. The molecule has 0 aliphatic carbocycles. The van der Waals surface area contributed by atoms with Gasteiger partial charge in [-0.2, -0.15) is 0 Å². The van der Waals surface area contributed by atoms with Crippen LogP contribution in [0.3, 0.4) is 0 Å². The van der Waals surface area contributed by atoms with E-state index in [2.05, 4.69) is 0 Å². The number of halogens is 1. The summed E-state index contributed by atoms with van der Waals surface area (Å²) < 4.78 is 13.9. The minimum atomic E-state index is -0.458. The van der Waals surface area contributed by atoms with Gasteiger partial charge in [-0.05, 0) is 55.3 Å². The highest BCUT2D eigenvalue weighted by atomic mass is 19.1. The van der Waals surface area contributed by atoms with E-state index in [1.807, 2.05) is 26.0 Å². The van der Waals surface area contributed by atoms with E-state index in [1.54, 1.807) is 31.3 Å². The first-order chi connectivity index (χ1) is 14.8. The second-order valence-corrected chi connectivity index (χ2v) is 7.75. The minimum Gasteiger partial charge on any atom is -0.337 e. The second kappa shape index (κ2) is 7.80. The molecule has 0 bridgehead atoms. The van der Waals surface area contributed by atoms with E-state index < -0.39 is 11.8 Å². The number of nitrogens with zero attached hydrogens (tertiary/aromatic N) is 2. The molecule has 0 atom stereocenters. The van der Waals surface area contributed by atoms with Gasteiger partial charge in [0.15, 0.2) is 0 Å². The number of hydrogen-bond acceptors (Lipinski definition) is 3. The Morgan fingerprint density at radius 3 is 2.39 bits per heavy atom. The number of carbonyl (C=O) groups is 3. The minimum absolute atomic E-state index is 0.0874. The molecule has 0 saturated heterocycles. The maximum atomic E-state index is 13.9. The van der Waals surface area contributed by atoms with Crippen LogP contribution in [-0.2, 0) is 6.54 Å². The van der Waals surface area contributed by atoms with Crippen molar-refractivity contribution < 1.29 is 18.8 Å². The van der Waals surface area contributed by atoms with E-state index in [-0.39, 0.29) is 35.0 Å². The van der Waals surface area contributed by atoms with E-state index in [0.29, 0.717) is 11.3 Å². The summed E-state index contributed by atoms with van der Waals surface area (Å²) in [6.45, 7) is 3.82. The lowest BCUT2D eigenvalue weighted by Crippen LogP contribution is -2.30. The number of fused-ring (bicyclic) bond motifs is 1. The first-order valence-corrected chi connectivity index (χ1v) is 9.87. The van der Waals surface area contributed by atoms with Crippen LogP contribution in [0.2, 0.25) is 0 Å². The van der Waals surface area contributed by atoms with Crippen LogP contribution in [0.25, 0.3) is 0 Å². The van der Waals surface area contributed by atoms with Gasteiger partial charge in [-0.15, -0.1) is 0 Å². The number of benzene rings is 3. The first kappa shape index (κ1) is 20.5. The molecular formula is C25H21FN2O3. The molecule has 0 N–H and O–H groups in total. The van der Waals surface area contributed by atoms with Crippen molar-refractivity contribution in [1.82, 2.24) is 4.90 Å². The third kappa shape index (κ3) is 3.61. The highest BCUT2D eigenvalue weighted by molar-refractivity contribution is 6.35. The van der Waals surface area contributed by atoms with Crippen LogP contribution < -0.4 is 4.90 Å². The molecule has 3 aromatic rings. The molecule has 6 heteroatoms. The summed E-state index contributed by atoms with van der Waals surface area (Å²) in [5.74, 6) is -1.62. The van der Waals surface area contributed by atoms with Crippen LogP contribution in [0.5, 0.6) is 0 Å². The molecule has 4 rings (SSSR count). The molecule has 5 nitrogen and oxygen atoms in total.